The summed E-state index contributed by atoms with van der Waals surface area (Å²) < 4.78 is 10.8. The molecule has 0 bridgehead atoms. The first-order valence-electron chi connectivity index (χ1n) is 10.1. The molecule has 30 heavy (non-hydrogen) atoms. The number of anilines is 2. The fraction of sp³-hybridized carbons (Fsp3) is 0.391. The number of unbranched alkanes of at least 4 members (excludes halogenated alkanes) is 2. The maximum Gasteiger partial charge on any atom is 0.246 e. The van der Waals surface area contributed by atoms with Crippen LogP contribution in [0.15, 0.2) is 36.5 Å². The molecule has 2 rings (SSSR count). The van der Waals surface area contributed by atoms with Crippen LogP contribution in [0.2, 0.25) is 0 Å². The fourth-order valence-corrected chi connectivity index (χ4v) is 3.09. The van der Waals surface area contributed by atoms with Crippen molar-refractivity contribution in [1.29, 1.82) is 0 Å². The van der Waals surface area contributed by atoms with Gasteiger partial charge >= 0.3 is 0 Å². The van der Waals surface area contributed by atoms with Crippen LogP contribution in [-0.4, -0.2) is 50.1 Å². The van der Waals surface area contributed by atoms with Crippen molar-refractivity contribution in [2.75, 3.05) is 39.7 Å². The number of amides is 1. The average Bonchev–Trinajstić information content (AvgIpc) is 2.75. The number of aryl methyl sites for hydroxylation is 1. The summed E-state index contributed by atoms with van der Waals surface area (Å²) in [6, 6.07) is 7.57. The van der Waals surface area contributed by atoms with Crippen molar-refractivity contribution in [2.45, 2.75) is 26.2 Å². The lowest BCUT2D eigenvalue weighted by atomic mass is 10.1. The number of rotatable bonds is 11. The number of methoxy groups -OCH3 is 2. The van der Waals surface area contributed by atoms with Crippen molar-refractivity contribution in [1.82, 2.24) is 9.88 Å². The van der Waals surface area contributed by atoms with Gasteiger partial charge in [0.2, 0.25) is 5.91 Å². The molecular formula is C23H32N4O3. The van der Waals surface area contributed by atoms with Crippen LogP contribution in [0.3, 0.4) is 0 Å². The van der Waals surface area contributed by atoms with Crippen LogP contribution in [0.5, 0.6) is 11.5 Å². The maximum absolute atomic E-state index is 12.4. The van der Waals surface area contributed by atoms with Crippen LogP contribution in [0, 0.1) is 6.92 Å². The van der Waals surface area contributed by atoms with Crippen LogP contribution in [-0.2, 0) is 4.79 Å². The number of carbonyl (C=O) groups excluding carboxylic acids is 1. The normalized spacial score (nSPS) is 10.8. The quantitative estimate of drug-likeness (QED) is 0.432. The van der Waals surface area contributed by atoms with E-state index < -0.39 is 0 Å². The van der Waals surface area contributed by atoms with Crippen molar-refractivity contribution >= 4 is 23.5 Å². The van der Waals surface area contributed by atoms with Gasteiger partial charge in [0, 0.05) is 43.2 Å². The van der Waals surface area contributed by atoms with E-state index >= 15 is 0 Å². The molecule has 1 aromatic heterocycles. The van der Waals surface area contributed by atoms with E-state index in [1.807, 2.05) is 38.2 Å². The molecule has 0 aliphatic heterocycles. The molecular weight excluding hydrogens is 380 g/mol. The molecule has 162 valence electrons. The standard InChI is InChI=1S/C23H32N4O3/c1-17-15-19(16-20(29-3)22(17)30-4)26-23-18(9-8-13-25-23)10-11-21(28)27(2)14-7-5-6-12-24/h8-11,13,15-16H,5-7,12,14,24H2,1-4H3,(H,25,26)/b11-10+. The van der Waals surface area contributed by atoms with Gasteiger partial charge in [-0.05, 0) is 56.1 Å². The minimum Gasteiger partial charge on any atom is -0.493 e. The molecule has 0 radical (unpaired) electrons. The Kier molecular flexibility index (Phi) is 9.15. The minimum atomic E-state index is -0.0421. The smallest absolute Gasteiger partial charge is 0.246 e. The molecule has 7 heteroatoms. The molecule has 3 N–H and O–H groups in total. The second kappa shape index (κ2) is 11.8. The first-order chi connectivity index (χ1) is 14.5. The zero-order chi connectivity index (χ0) is 21.9. The van der Waals surface area contributed by atoms with Gasteiger partial charge in [-0.1, -0.05) is 6.42 Å². The lowest BCUT2D eigenvalue weighted by molar-refractivity contribution is -0.124. The van der Waals surface area contributed by atoms with E-state index in [9.17, 15) is 4.79 Å². The Bertz CT molecular complexity index is 868. The first kappa shape index (κ1) is 23.2. The topological polar surface area (TPSA) is 89.7 Å². The molecule has 1 aromatic carbocycles. The Morgan fingerprint density at radius 3 is 2.73 bits per heavy atom. The van der Waals surface area contributed by atoms with Crippen LogP contribution in [0.1, 0.15) is 30.4 Å². The SMILES string of the molecule is COc1cc(Nc2ncccc2/C=C/C(=O)N(C)CCCCCN)cc(C)c1OC. The molecule has 2 aromatic rings. The molecule has 0 saturated heterocycles. The van der Waals surface area contributed by atoms with Gasteiger partial charge < -0.3 is 25.4 Å². The van der Waals surface area contributed by atoms with E-state index in [1.54, 1.807) is 37.5 Å². The lowest BCUT2D eigenvalue weighted by Gasteiger charge is -2.15. The van der Waals surface area contributed by atoms with Crippen LogP contribution in [0.25, 0.3) is 6.08 Å². The third-order valence-electron chi connectivity index (χ3n) is 4.75. The van der Waals surface area contributed by atoms with Gasteiger partial charge in [-0.3, -0.25) is 4.79 Å². The van der Waals surface area contributed by atoms with Gasteiger partial charge in [0.15, 0.2) is 11.5 Å². The second-order valence-corrected chi connectivity index (χ2v) is 7.04. The van der Waals surface area contributed by atoms with E-state index in [-0.39, 0.29) is 5.91 Å². The molecule has 1 amide bonds. The summed E-state index contributed by atoms with van der Waals surface area (Å²) >= 11 is 0. The van der Waals surface area contributed by atoms with Crippen molar-refractivity contribution in [3.05, 3.63) is 47.7 Å². The summed E-state index contributed by atoms with van der Waals surface area (Å²) in [5.74, 6) is 1.95. The zero-order valence-electron chi connectivity index (χ0n) is 18.3. The molecule has 0 unspecified atom stereocenters. The number of hydrogen-bond donors (Lipinski definition) is 2. The number of carbonyl (C=O) groups is 1. The summed E-state index contributed by atoms with van der Waals surface area (Å²) in [4.78, 5) is 18.5. The average molecular weight is 413 g/mol. The van der Waals surface area contributed by atoms with Gasteiger partial charge in [0.05, 0.1) is 14.2 Å². The highest BCUT2D eigenvalue weighted by Crippen LogP contribution is 2.35. The van der Waals surface area contributed by atoms with Crippen molar-refractivity contribution < 1.29 is 14.3 Å². The largest absolute Gasteiger partial charge is 0.493 e. The zero-order valence-corrected chi connectivity index (χ0v) is 18.3. The van der Waals surface area contributed by atoms with E-state index in [0.29, 0.717) is 30.4 Å². The Morgan fingerprint density at radius 2 is 2.03 bits per heavy atom. The van der Waals surface area contributed by atoms with Gasteiger partial charge in [-0.2, -0.15) is 0 Å². The predicted octanol–water partition coefficient (Wildman–Crippen LogP) is 3.75. The van der Waals surface area contributed by atoms with E-state index in [2.05, 4.69) is 10.3 Å². The number of nitrogens with zero attached hydrogens (tertiary/aromatic N) is 2. The molecule has 0 saturated carbocycles. The lowest BCUT2D eigenvalue weighted by Crippen LogP contribution is -2.25. The van der Waals surface area contributed by atoms with E-state index in [0.717, 1.165) is 36.1 Å². The maximum atomic E-state index is 12.4. The number of benzene rings is 1. The Balaban J connectivity index is 2.12. The van der Waals surface area contributed by atoms with Gasteiger partial charge in [0.25, 0.3) is 0 Å². The molecule has 1 heterocycles. The molecule has 0 aliphatic carbocycles. The summed E-state index contributed by atoms with van der Waals surface area (Å²) in [6.07, 6.45) is 8.02. The van der Waals surface area contributed by atoms with Crippen LogP contribution < -0.4 is 20.5 Å². The molecule has 0 spiro atoms. The fourth-order valence-electron chi connectivity index (χ4n) is 3.09. The number of aromatic nitrogens is 1. The highest BCUT2D eigenvalue weighted by atomic mass is 16.5. The monoisotopic (exact) mass is 412 g/mol. The second-order valence-electron chi connectivity index (χ2n) is 7.04. The summed E-state index contributed by atoms with van der Waals surface area (Å²) in [5, 5.41) is 3.31. The first-order valence-corrected chi connectivity index (χ1v) is 10.1. The van der Waals surface area contributed by atoms with Crippen molar-refractivity contribution in [3.8, 4) is 11.5 Å². The number of likely N-dealkylation sites (N-methyl/N-ethyl adjacent to an activating group) is 1. The predicted molar refractivity (Wildman–Crippen MR) is 121 cm³/mol. The van der Waals surface area contributed by atoms with Gasteiger partial charge in [-0.15, -0.1) is 0 Å². The number of ether oxygens (including phenoxy) is 2. The van der Waals surface area contributed by atoms with Crippen LogP contribution >= 0.6 is 0 Å². The molecule has 7 nitrogen and oxygen atoms in total. The van der Waals surface area contributed by atoms with E-state index in [4.69, 9.17) is 15.2 Å². The summed E-state index contributed by atoms with van der Waals surface area (Å²) in [6.45, 7) is 3.36. The van der Waals surface area contributed by atoms with Gasteiger partial charge in [-0.25, -0.2) is 4.98 Å². The number of nitrogens with one attached hydrogen (secondary N) is 1. The highest BCUT2D eigenvalue weighted by Gasteiger charge is 2.11. The third-order valence-corrected chi connectivity index (χ3v) is 4.75. The minimum absolute atomic E-state index is 0.0421. The summed E-state index contributed by atoms with van der Waals surface area (Å²) in [7, 11) is 5.03. The number of nitrogens with two attached hydrogens (primary N) is 1. The Hall–Kier alpha value is -3.06. The Morgan fingerprint density at radius 1 is 1.23 bits per heavy atom. The van der Waals surface area contributed by atoms with Crippen LogP contribution in [0.4, 0.5) is 11.5 Å². The number of pyridine rings is 1. The third kappa shape index (κ3) is 6.49. The molecule has 0 fully saturated rings. The van der Waals surface area contributed by atoms with Crippen molar-refractivity contribution in [3.63, 3.8) is 0 Å². The molecule has 0 atom stereocenters. The molecule has 0 aliphatic rings. The summed E-state index contributed by atoms with van der Waals surface area (Å²) in [5.41, 5.74) is 8.09. The number of hydrogen-bond acceptors (Lipinski definition) is 6. The Labute approximate surface area is 178 Å². The van der Waals surface area contributed by atoms with Gasteiger partial charge in [0.1, 0.15) is 5.82 Å². The van der Waals surface area contributed by atoms with Crippen molar-refractivity contribution in [2.24, 2.45) is 5.73 Å². The highest BCUT2D eigenvalue weighted by molar-refractivity contribution is 5.92. The van der Waals surface area contributed by atoms with E-state index in [1.165, 1.54) is 0 Å².